The van der Waals surface area contributed by atoms with Crippen LogP contribution in [0.15, 0.2) is 55.1 Å². The Hall–Kier alpha value is -2.75. The molecule has 0 aliphatic rings. The summed E-state index contributed by atoms with van der Waals surface area (Å²) in [6.45, 7) is 4.17. The van der Waals surface area contributed by atoms with Gasteiger partial charge in [-0.05, 0) is 31.5 Å². The standard InChI is InChI=1S/C19H19N3O/c1-3-6-15-11-22-18(13-21-15)17-8-4-9-19(14(17)2)23-16-7-5-10-20-12-16/h4-5,7-13H,3,6H2,1-2H3. The average Bonchev–Trinajstić information content (AvgIpc) is 2.59. The third-order valence-electron chi connectivity index (χ3n) is 3.63. The van der Waals surface area contributed by atoms with Gasteiger partial charge in [0.05, 0.1) is 23.8 Å². The molecular formula is C19H19N3O. The van der Waals surface area contributed by atoms with Crippen LogP contribution in [0.25, 0.3) is 11.3 Å². The van der Waals surface area contributed by atoms with Gasteiger partial charge < -0.3 is 4.74 Å². The Morgan fingerprint density at radius 3 is 2.61 bits per heavy atom. The van der Waals surface area contributed by atoms with Crippen molar-refractivity contribution in [3.05, 3.63) is 66.4 Å². The predicted molar refractivity (Wildman–Crippen MR) is 90.5 cm³/mol. The lowest BCUT2D eigenvalue weighted by Gasteiger charge is -2.12. The van der Waals surface area contributed by atoms with E-state index in [1.807, 2.05) is 49.6 Å². The molecule has 0 bridgehead atoms. The minimum absolute atomic E-state index is 0.720. The quantitative estimate of drug-likeness (QED) is 0.691. The number of aromatic nitrogens is 3. The van der Waals surface area contributed by atoms with Crippen molar-refractivity contribution in [2.75, 3.05) is 0 Å². The van der Waals surface area contributed by atoms with E-state index >= 15 is 0 Å². The smallest absolute Gasteiger partial charge is 0.145 e. The molecule has 0 amide bonds. The topological polar surface area (TPSA) is 47.9 Å². The summed E-state index contributed by atoms with van der Waals surface area (Å²) in [6.07, 6.45) is 9.14. The summed E-state index contributed by atoms with van der Waals surface area (Å²) in [5, 5.41) is 0. The van der Waals surface area contributed by atoms with Crippen molar-refractivity contribution in [3.63, 3.8) is 0 Å². The Kier molecular flexibility index (Phi) is 4.62. The maximum Gasteiger partial charge on any atom is 0.145 e. The Morgan fingerprint density at radius 2 is 1.91 bits per heavy atom. The van der Waals surface area contributed by atoms with Crippen molar-refractivity contribution in [3.8, 4) is 22.8 Å². The molecule has 1 aromatic carbocycles. The van der Waals surface area contributed by atoms with Crippen LogP contribution in [0.1, 0.15) is 24.6 Å². The summed E-state index contributed by atoms with van der Waals surface area (Å²) in [7, 11) is 0. The highest BCUT2D eigenvalue weighted by Gasteiger charge is 2.09. The second kappa shape index (κ2) is 7.01. The third kappa shape index (κ3) is 3.54. The van der Waals surface area contributed by atoms with Crippen molar-refractivity contribution in [1.82, 2.24) is 15.0 Å². The van der Waals surface area contributed by atoms with Crippen LogP contribution in [0, 0.1) is 6.92 Å². The van der Waals surface area contributed by atoms with Gasteiger partial charge in [0, 0.05) is 23.5 Å². The highest BCUT2D eigenvalue weighted by molar-refractivity contribution is 5.66. The molecule has 0 aliphatic carbocycles. The first-order valence-corrected chi connectivity index (χ1v) is 7.76. The molecule has 0 saturated carbocycles. The minimum Gasteiger partial charge on any atom is -0.455 e. The van der Waals surface area contributed by atoms with E-state index in [4.69, 9.17) is 4.74 Å². The largest absolute Gasteiger partial charge is 0.455 e. The molecule has 0 fully saturated rings. The Labute approximate surface area is 136 Å². The van der Waals surface area contributed by atoms with Crippen LogP contribution in [-0.4, -0.2) is 15.0 Å². The van der Waals surface area contributed by atoms with E-state index in [2.05, 4.69) is 21.9 Å². The number of aryl methyl sites for hydroxylation is 1. The van der Waals surface area contributed by atoms with Crippen LogP contribution in [0.2, 0.25) is 0 Å². The molecule has 23 heavy (non-hydrogen) atoms. The maximum atomic E-state index is 5.92. The maximum absolute atomic E-state index is 5.92. The van der Waals surface area contributed by atoms with Crippen LogP contribution in [-0.2, 0) is 6.42 Å². The van der Waals surface area contributed by atoms with Crippen LogP contribution in [0.5, 0.6) is 11.5 Å². The first-order valence-electron chi connectivity index (χ1n) is 7.76. The van der Waals surface area contributed by atoms with E-state index in [9.17, 15) is 0 Å². The van der Waals surface area contributed by atoms with Crippen molar-refractivity contribution < 1.29 is 4.74 Å². The van der Waals surface area contributed by atoms with Gasteiger partial charge in [-0.2, -0.15) is 0 Å². The Morgan fingerprint density at radius 1 is 1.00 bits per heavy atom. The number of hydrogen-bond acceptors (Lipinski definition) is 4. The second-order valence-corrected chi connectivity index (χ2v) is 5.36. The van der Waals surface area contributed by atoms with Gasteiger partial charge >= 0.3 is 0 Å². The van der Waals surface area contributed by atoms with Crippen LogP contribution >= 0.6 is 0 Å². The molecule has 3 aromatic rings. The number of rotatable bonds is 5. The number of ether oxygens (including phenoxy) is 1. The van der Waals surface area contributed by atoms with Gasteiger partial charge in [0.15, 0.2) is 0 Å². The summed E-state index contributed by atoms with van der Waals surface area (Å²) in [6, 6.07) is 9.69. The van der Waals surface area contributed by atoms with Crippen LogP contribution < -0.4 is 4.74 Å². The normalized spacial score (nSPS) is 10.5. The first kappa shape index (κ1) is 15.2. The van der Waals surface area contributed by atoms with E-state index in [0.717, 1.165) is 46.9 Å². The molecule has 0 atom stereocenters. The van der Waals surface area contributed by atoms with E-state index in [-0.39, 0.29) is 0 Å². The molecule has 3 rings (SSSR count). The van der Waals surface area contributed by atoms with Crippen LogP contribution in [0.4, 0.5) is 0 Å². The summed E-state index contributed by atoms with van der Waals surface area (Å²) >= 11 is 0. The summed E-state index contributed by atoms with van der Waals surface area (Å²) < 4.78 is 5.92. The van der Waals surface area contributed by atoms with Crippen molar-refractivity contribution >= 4 is 0 Å². The van der Waals surface area contributed by atoms with Crippen molar-refractivity contribution in [2.24, 2.45) is 0 Å². The van der Waals surface area contributed by atoms with Gasteiger partial charge in [-0.15, -0.1) is 0 Å². The molecule has 2 heterocycles. The fourth-order valence-electron chi connectivity index (χ4n) is 2.42. The Balaban J connectivity index is 1.90. The Bertz CT molecular complexity index is 770. The van der Waals surface area contributed by atoms with Gasteiger partial charge in [-0.1, -0.05) is 25.5 Å². The summed E-state index contributed by atoms with van der Waals surface area (Å²) in [4.78, 5) is 13.1. The molecule has 0 N–H and O–H groups in total. The third-order valence-corrected chi connectivity index (χ3v) is 3.63. The van der Waals surface area contributed by atoms with Gasteiger partial charge in [0.25, 0.3) is 0 Å². The summed E-state index contributed by atoms with van der Waals surface area (Å²) in [5.74, 6) is 1.52. The first-order chi connectivity index (χ1) is 11.3. The van der Waals surface area contributed by atoms with Gasteiger partial charge in [0.1, 0.15) is 11.5 Å². The zero-order chi connectivity index (χ0) is 16.1. The van der Waals surface area contributed by atoms with Crippen molar-refractivity contribution in [2.45, 2.75) is 26.7 Å². The number of hydrogen-bond donors (Lipinski definition) is 0. The SMILES string of the molecule is CCCc1cnc(-c2cccc(Oc3cccnc3)c2C)cn1. The lowest BCUT2D eigenvalue weighted by molar-refractivity contribution is 0.477. The zero-order valence-corrected chi connectivity index (χ0v) is 13.4. The molecule has 4 nitrogen and oxygen atoms in total. The lowest BCUT2D eigenvalue weighted by Crippen LogP contribution is -1.95. The molecule has 0 aliphatic heterocycles. The molecule has 0 spiro atoms. The van der Waals surface area contributed by atoms with E-state index in [1.54, 1.807) is 12.4 Å². The molecular weight excluding hydrogens is 286 g/mol. The van der Waals surface area contributed by atoms with Gasteiger partial charge in [-0.25, -0.2) is 0 Å². The van der Waals surface area contributed by atoms with Gasteiger partial charge in [-0.3, -0.25) is 15.0 Å². The molecule has 0 unspecified atom stereocenters. The minimum atomic E-state index is 0.720. The molecule has 0 saturated heterocycles. The van der Waals surface area contributed by atoms with Gasteiger partial charge in [0.2, 0.25) is 0 Å². The average molecular weight is 305 g/mol. The fraction of sp³-hybridized carbons (Fsp3) is 0.211. The summed E-state index contributed by atoms with van der Waals surface area (Å²) in [5.41, 5.74) is 3.95. The number of pyridine rings is 1. The van der Waals surface area contributed by atoms with E-state index in [1.165, 1.54) is 0 Å². The monoisotopic (exact) mass is 305 g/mol. The molecule has 0 radical (unpaired) electrons. The number of benzene rings is 1. The molecule has 2 aromatic heterocycles. The predicted octanol–water partition coefficient (Wildman–Crippen LogP) is 4.59. The fourth-order valence-corrected chi connectivity index (χ4v) is 2.42. The zero-order valence-electron chi connectivity index (χ0n) is 13.4. The highest BCUT2D eigenvalue weighted by Crippen LogP contribution is 2.31. The van der Waals surface area contributed by atoms with Crippen molar-refractivity contribution in [1.29, 1.82) is 0 Å². The lowest BCUT2D eigenvalue weighted by atomic mass is 10.0. The molecule has 4 heteroatoms. The molecule has 116 valence electrons. The highest BCUT2D eigenvalue weighted by atomic mass is 16.5. The number of nitrogens with zero attached hydrogens (tertiary/aromatic N) is 3. The van der Waals surface area contributed by atoms with Crippen LogP contribution in [0.3, 0.4) is 0 Å². The van der Waals surface area contributed by atoms with E-state index < -0.39 is 0 Å². The second-order valence-electron chi connectivity index (χ2n) is 5.36. The van der Waals surface area contributed by atoms with E-state index in [0.29, 0.717) is 0 Å².